The summed E-state index contributed by atoms with van der Waals surface area (Å²) >= 11 is 0. The van der Waals surface area contributed by atoms with E-state index in [9.17, 15) is 4.79 Å². The van der Waals surface area contributed by atoms with E-state index in [0.717, 1.165) is 50.6 Å². The normalized spacial score (nSPS) is 23.6. The van der Waals surface area contributed by atoms with E-state index in [-0.39, 0.29) is 5.91 Å². The number of ether oxygens (including phenoxy) is 2. The van der Waals surface area contributed by atoms with Crippen LogP contribution >= 0.6 is 0 Å². The summed E-state index contributed by atoms with van der Waals surface area (Å²) in [7, 11) is 3.34. The zero-order valence-electron chi connectivity index (χ0n) is 18.5. The lowest BCUT2D eigenvalue weighted by atomic mass is 9.86. The largest absolute Gasteiger partial charge is 0.493 e. The molecule has 0 bridgehead atoms. The zero-order chi connectivity index (χ0) is 20.8. The summed E-state index contributed by atoms with van der Waals surface area (Å²) in [5, 5.41) is 3.28. The second kappa shape index (κ2) is 10.3. The van der Waals surface area contributed by atoms with Crippen LogP contribution < -0.4 is 14.8 Å². The van der Waals surface area contributed by atoms with Crippen molar-refractivity contribution in [2.75, 3.05) is 46.9 Å². The smallest absolute Gasteiger partial charge is 0.234 e. The lowest BCUT2D eigenvalue weighted by Crippen LogP contribution is -2.51. The van der Waals surface area contributed by atoms with E-state index in [1.165, 1.54) is 30.4 Å². The van der Waals surface area contributed by atoms with E-state index < -0.39 is 0 Å². The highest BCUT2D eigenvalue weighted by Crippen LogP contribution is 2.31. The molecule has 6 heteroatoms. The molecule has 29 heavy (non-hydrogen) atoms. The van der Waals surface area contributed by atoms with Crippen LogP contribution in [0.2, 0.25) is 0 Å². The first kappa shape index (κ1) is 21.9. The molecule has 1 saturated heterocycles. The van der Waals surface area contributed by atoms with Crippen LogP contribution in [0.1, 0.15) is 43.7 Å². The molecule has 1 heterocycles. The Morgan fingerprint density at radius 2 is 1.66 bits per heavy atom. The first-order valence-corrected chi connectivity index (χ1v) is 11.0. The fourth-order valence-electron chi connectivity index (χ4n) is 4.53. The molecule has 2 fully saturated rings. The van der Waals surface area contributed by atoms with Crippen molar-refractivity contribution >= 4 is 5.91 Å². The van der Waals surface area contributed by atoms with Gasteiger partial charge in [0.05, 0.1) is 20.8 Å². The van der Waals surface area contributed by atoms with Crippen LogP contribution in [0.5, 0.6) is 11.5 Å². The zero-order valence-corrected chi connectivity index (χ0v) is 18.5. The number of carbonyl (C=O) groups excluding carboxylic acids is 1. The SMILES string of the molecule is COc1cc(C)c(CN2CCN(CC(=O)N[C@@H]3CCCC[C@H]3C)CC2)cc1OC. The standard InChI is InChI=1S/C23H37N3O3/c1-17-7-5-6-8-20(17)24-23(27)16-26-11-9-25(10-12-26)15-19-14-22(29-4)21(28-3)13-18(19)2/h13-14,17,20H,5-12,15-16H2,1-4H3,(H,24,27)/t17-,20-/m1/s1. The Bertz CT molecular complexity index is 686. The van der Waals surface area contributed by atoms with Crippen LogP contribution in [0.4, 0.5) is 0 Å². The number of piperazine rings is 1. The number of amides is 1. The second-order valence-corrected chi connectivity index (χ2v) is 8.62. The summed E-state index contributed by atoms with van der Waals surface area (Å²) in [6, 6.07) is 4.49. The van der Waals surface area contributed by atoms with E-state index in [0.29, 0.717) is 18.5 Å². The first-order chi connectivity index (χ1) is 14.0. The maximum atomic E-state index is 12.5. The van der Waals surface area contributed by atoms with Crippen molar-refractivity contribution in [3.8, 4) is 11.5 Å². The minimum Gasteiger partial charge on any atom is -0.493 e. The molecule has 3 rings (SSSR count). The van der Waals surface area contributed by atoms with Gasteiger partial charge in [-0.05, 0) is 48.9 Å². The van der Waals surface area contributed by atoms with Crippen molar-refractivity contribution < 1.29 is 14.3 Å². The molecular formula is C23H37N3O3. The molecule has 1 aromatic rings. The molecule has 1 saturated carbocycles. The number of hydrogen-bond donors (Lipinski definition) is 1. The van der Waals surface area contributed by atoms with Gasteiger partial charge in [-0.1, -0.05) is 19.8 Å². The quantitative estimate of drug-likeness (QED) is 0.759. The molecule has 0 spiro atoms. The van der Waals surface area contributed by atoms with Gasteiger partial charge in [-0.3, -0.25) is 14.6 Å². The van der Waals surface area contributed by atoms with E-state index in [1.807, 2.05) is 6.07 Å². The maximum Gasteiger partial charge on any atom is 0.234 e. The molecule has 1 aromatic carbocycles. The fourth-order valence-corrected chi connectivity index (χ4v) is 4.53. The summed E-state index contributed by atoms with van der Waals surface area (Å²) in [4.78, 5) is 17.2. The van der Waals surface area contributed by atoms with Crippen LogP contribution in [0.3, 0.4) is 0 Å². The van der Waals surface area contributed by atoms with Gasteiger partial charge in [-0.2, -0.15) is 0 Å². The molecule has 162 valence electrons. The van der Waals surface area contributed by atoms with Gasteiger partial charge in [-0.15, -0.1) is 0 Å². The summed E-state index contributed by atoms with van der Waals surface area (Å²) in [5.74, 6) is 2.35. The van der Waals surface area contributed by atoms with Gasteiger partial charge in [0, 0.05) is 38.8 Å². The van der Waals surface area contributed by atoms with E-state index >= 15 is 0 Å². The third-order valence-corrected chi connectivity index (χ3v) is 6.53. The van der Waals surface area contributed by atoms with Crippen molar-refractivity contribution in [2.24, 2.45) is 5.92 Å². The number of methoxy groups -OCH3 is 2. The van der Waals surface area contributed by atoms with Gasteiger partial charge < -0.3 is 14.8 Å². The number of nitrogens with zero attached hydrogens (tertiary/aromatic N) is 2. The molecule has 6 nitrogen and oxygen atoms in total. The Kier molecular flexibility index (Phi) is 7.78. The number of rotatable bonds is 7. The molecule has 1 aliphatic heterocycles. The number of nitrogens with one attached hydrogen (secondary N) is 1. The number of benzene rings is 1. The Morgan fingerprint density at radius 1 is 1.03 bits per heavy atom. The minimum absolute atomic E-state index is 0.188. The van der Waals surface area contributed by atoms with Crippen LogP contribution in [0.15, 0.2) is 12.1 Å². The Hall–Kier alpha value is -1.79. The van der Waals surface area contributed by atoms with E-state index in [1.54, 1.807) is 14.2 Å². The molecular weight excluding hydrogens is 366 g/mol. The summed E-state index contributed by atoms with van der Waals surface area (Å²) < 4.78 is 10.8. The van der Waals surface area contributed by atoms with Crippen LogP contribution in [0, 0.1) is 12.8 Å². The molecule has 1 aliphatic carbocycles. The number of aryl methyl sites for hydroxylation is 1. The molecule has 0 aromatic heterocycles. The van der Waals surface area contributed by atoms with Gasteiger partial charge >= 0.3 is 0 Å². The monoisotopic (exact) mass is 403 g/mol. The van der Waals surface area contributed by atoms with Crippen LogP contribution in [-0.2, 0) is 11.3 Å². The van der Waals surface area contributed by atoms with Crippen molar-refractivity contribution in [3.63, 3.8) is 0 Å². The Labute approximate surface area is 175 Å². The Morgan fingerprint density at radius 3 is 2.31 bits per heavy atom. The highest BCUT2D eigenvalue weighted by Gasteiger charge is 2.25. The third-order valence-electron chi connectivity index (χ3n) is 6.53. The van der Waals surface area contributed by atoms with Gasteiger partial charge in [0.25, 0.3) is 0 Å². The van der Waals surface area contributed by atoms with Crippen LogP contribution in [-0.4, -0.2) is 68.7 Å². The van der Waals surface area contributed by atoms with Crippen molar-refractivity contribution in [1.82, 2.24) is 15.1 Å². The van der Waals surface area contributed by atoms with Gasteiger partial charge in [0.1, 0.15) is 0 Å². The van der Waals surface area contributed by atoms with Crippen molar-refractivity contribution in [2.45, 2.75) is 52.1 Å². The highest BCUT2D eigenvalue weighted by atomic mass is 16.5. The second-order valence-electron chi connectivity index (χ2n) is 8.62. The van der Waals surface area contributed by atoms with Gasteiger partial charge in [0.2, 0.25) is 5.91 Å². The summed E-state index contributed by atoms with van der Waals surface area (Å²) in [6.45, 7) is 9.60. The topological polar surface area (TPSA) is 54.0 Å². The van der Waals surface area contributed by atoms with E-state index in [2.05, 4.69) is 35.0 Å². The lowest BCUT2D eigenvalue weighted by molar-refractivity contribution is -0.124. The summed E-state index contributed by atoms with van der Waals surface area (Å²) in [6.07, 6.45) is 4.91. The number of carbonyl (C=O) groups is 1. The molecule has 0 radical (unpaired) electrons. The first-order valence-electron chi connectivity index (χ1n) is 11.0. The fraction of sp³-hybridized carbons (Fsp3) is 0.696. The van der Waals surface area contributed by atoms with Crippen molar-refractivity contribution in [3.05, 3.63) is 23.3 Å². The Balaban J connectivity index is 1.46. The van der Waals surface area contributed by atoms with Crippen molar-refractivity contribution in [1.29, 1.82) is 0 Å². The van der Waals surface area contributed by atoms with Gasteiger partial charge in [-0.25, -0.2) is 0 Å². The third kappa shape index (κ3) is 5.86. The lowest BCUT2D eigenvalue weighted by Gasteiger charge is -2.35. The molecule has 2 atom stereocenters. The average molecular weight is 404 g/mol. The molecule has 1 amide bonds. The average Bonchev–Trinajstić information content (AvgIpc) is 2.72. The highest BCUT2D eigenvalue weighted by molar-refractivity contribution is 5.78. The molecule has 0 unspecified atom stereocenters. The maximum absolute atomic E-state index is 12.5. The number of hydrogen-bond acceptors (Lipinski definition) is 5. The van der Waals surface area contributed by atoms with Crippen LogP contribution in [0.25, 0.3) is 0 Å². The van der Waals surface area contributed by atoms with Gasteiger partial charge in [0.15, 0.2) is 11.5 Å². The predicted molar refractivity (Wildman–Crippen MR) is 116 cm³/mol. The minimum atomic E-state index is 0.188. The summed E-state index contributed by atoms with van der Waals surface area (Å²) in [5.41, 5.74) is 2.48. The van der Waals surface area contributed by atoms with E-state index in [4.69, 9.17) is 9.47 Å². The molecule has 1 N–H and O–H groups in total. The molecule has 2 aliphatic rings. The predicted octanol–water partition coefficient (Wildman–Crippen LogP) is 2.82.